The summed E-state index contributed by atoms with van der Waals surface area (Å²) in [6.07, 6.45) is 1.29. The van der Waals surface area contributed by atoms with Gasteiger partial charge in [0.25, 0.3) is 5.91 Å². The Morgan fingerprint density at radius 1 is 1.19 bits per heavy atom. The normalized spacial score (nSPS) is 10.4. The van der Waals surface area contributed by atoms with Gasteiger partial charge in [-0.05, 0) is 24.1 Å². The van der Waals surface area contributed by atoms with E-state index in [0.29, 0.717) is 24.5 Å². The van der Waals surface area contributed by atoms with Crippen LogP contribution in [0.2, 0.25) is 0 Å². The van der Waals surface area contributed by atoms with E-state index in [4.69, 9.17) is 19.0 Å². The fourth-order valence-corrected chi connectivity index (χ4v) is 2.41. The first-order chi connectivity index (χ1) is 12.5. The van der Waals surface area contributed by atoms with Crippen molar-refractivity contribution in [2.75, 3.05) is 13.7 Å². The number of aromatic carboxylic acids is 1. The van der Waals surface area contributed by atoms with Crippen LogP contribution in [0.3, 0.4) is 0 Å². The molecule has 2 aromatic rings. The van der Waals surface area contributed by atoms with Crippen LogP contribution in [0.4, 0.5) is 0 Å². The van der Waals surface area contributed by atoms with Gasteiger partial charge in [-0.25, -0.2) is 4.79 Å². The Balaban J connectivity index is 2.06. The molecule has 0 atom stereocenters. The number of hydrogen-bond donors (Lipinski definition) is 2. The molecule has 0 aliphatic rings. The van der Waals surface area contributed by atoms with Crippen LogP contribution in [-0.4, -0.2) is 30.7 Å². The lowest BCUT2D eigenvalue weighted by molar-refractivity contribution is 0.0694. The van der Waals surface area contributed by atoms with Crippen molar-refractivity contribution in [2.45, 2.75) is 33.2 Å². The van der Waals surface area contributed by atoms with E-state index in [1.807, 2.05) is 13.0 Å². The first-order valence-electron chi connectivity index (χ1n) is 8.44. The molecule has 0 radical (unpaired) electrons. The zero-order valence-electron chi connectivity index (χ0n) is 15.1. The zero-order chi connectivity index (χ0) is 19.1. The van der Waals surface area contributed by atoms with E-state index in [1.165, 1.54) is 6.07 Å². The van der Waals surface area contributed by atoms with E-state index in [-0.39, 0.29) is 23.6 Å². The molecule has 1 aromatic heterocycles. The number of rotatable bonds is 9. The van der Waals surface area contributed by atoms with E-state index >= 15 is 0 Å². The highest BCUT2D eigenvalue weighted by Gasteiger charge is 2.20. The van der Waals surface area contributed by atoms with Crippen molar-refractivity contribution in [1.82, 2.24) is 5.32 Å². The highest BCUT2D eigenvalue weighted by atomic mass is 16.5. The summed E-state index contributed by atoms with van der Waals surface area (Å²) in [5.74, 6) is -0.0934. The molecule has 1 aromatic carbocycles. The molecular formula is C19H23NO6. The standard InChI is InChI=1S/C19H23NO6/c1-4-8-25-15-7-6-12(9-16(15)24-3)11-20-18(21)17-10-13(19(22)23)14(5-2)26-17/h6-7,9-10H,4-5,8,11H2,1-3H3,(H,20,21)(H,22,23). The summed E-state index contributed by atoms with van der Waals surface area (Å²) >= 11 is 0. The van der Waals surface area contributed by atoms with Crippen LogP contribution in [0.15, 0.2) is 28.7 Å². The van der Waals surface area contributed by atoms with Crippen molar-refractivity contribution in [3.63, 3.8) is 0 Å². The molecule has 0 saturated carbocycles. The van der Waals surface area contributed by atoms with Crippen LogP contribution in [0.1, 0.15) is 52.5 Å². The predicted molar refractivity (Wildman–Crippen MR) is 95.0 cm³/mol. The Kier molecular flexibility index (Phi) is 6.66. The molecule has 0 unspecified atom stereocenters. The maximum absolute atomic E-state index is 12.2. The maximum Gasteiger partial charge on any atom is 0.339 e. The van der Waals surface area contributed by atoms with Crippen molar-refractivity contribution >= 4 is 11.9 Å². The van der Waals surface area contributed by atoms with Gasteiger partial charge in [-0.2, -0.15) is 0 Å². The molecule has 0 saturated heterocycles. The summed E-state index contributed by atoms with van der Waals surface area (Å²) < 4.78 is 16.3. The number of carbonyl (C=O) groups excluding carboxylic acids is 1. The molecule has 7 heteroatoms. The molecule has 7 nitrogen and oxygen atoms in total. The van der Waals surface area contributed by atoms with Crippen LogP contribution in [-0.2, 0) is 13.0 Å². The van der Waals surface area contributed by atoms with Gasteiger partial charge in [0, 0.05) is 19.0 Å². The van der Waals surface area contributed by atoms with Crippen molar-refractivity contribution in [1.29, 1.82) is 0 Å². The first-order valence-corrected chi connectivity index (χ1v) is 8.44. The smallest absolute Gasteiger partial charge is 0.339 e. The molecular weight excluding hydrogens is 338 g/mol. The summed E-state index contributed by atoms with van der Waals surface area (Å²) in [6.45, 7) is 4.62. The van der Waals surface area contributed by atoms with E-state index in [9.17, 15) is 9.59 Å². The SMILES string of the molecule is CCCOc1ccc(CNC(=O)c2cc(C(=O)O)c(CC)o2)cc1OC. The summed E-state index contributed by atoms with van der Waals surface area (Å²) in [5, 5.41) is 11.8. The van der Waals surface area contributed by atoms with Crippen molar-refractivity contribution < 1.29 is 28.6 Å². The lowest BCUT2D eigenvalue weighted by atomic mass is 10.2. The zero-order valence-corrected chi connectivity index (χ0v) is 15.1. The number of methoxy groups -OCH3 is 1. The van der Waals surface area contributed by atoms with Crippen LogP contribution >= 0.6 is 0 Å². The Labute approximate surface area is 151 Å². The second-order valence-corrected chi connectivity index (χ2v) is 5.62. The molecule has 0 bridgehead atoms. The van der Waals surface area contributed by atoms with Gasteiger partial charge >= 0.3 is 5.97 Å². The van der Waals surface area contributed by atoms with Crippen LogP contribution in [0.25, 0.3) is 0 Å². The molecule has 26 heavy (non-hydrogen) atoms. The van der Waals surface area contributed by atoms with Crippen LogP contribution in [0, 0.1) is 0 Å². The van der Waals surface area contributed by atoms with Crippen molar-refractivity contribution in [3.8, 4) is 11.5 Å². The first kappa shape index (κ1) is 19.4. The van der Waals surface area contributed by atoms with Gasteiger partial charge in [0.1, 0.15) is 11.3 Å². The molecule has 140 valence electrons. The van der Waals surface area contributed by atoms with Gasteiger partial charge < -0.3 is 24.3 Å². The van der Waals surface area contributed by atoms with E-state index in [0.717, 1.165) is 12.0 Å². The summed E-state index contributed by atoms with van der Waals surface area (Å²) in [6, 6.07) is 6.66. The number of hydrogen-bond acceptors (Lipinski definition) is 5. The number of amides is 1. The topological polar surface area (TPSA) is 98.0 Å². The van der Waals surface area contributed by atoms with Gasteiger partial charge in [0.05, 0.1) is 13.7 Å². The second kappa shape index (κ2) is 8.94. The number of carboxylic acid groups (broad SMARTS) is 1. The summed E-state index contributed by atoms with van der Waals surface area (Å²) in [7, 11) is 1.55. The number of ether oxygens (including phenoxy) is 2. The van der Waals surface area contributed by atoms with E-state index in [1.54, 1.807) is 26.2 Å². The van der Waals surface area contributed by atoms with Crippen LogP contribution < -0.4 is 14.8 Å². The molecule has 0 spiro atoms. The molecule has 0 aliphatic heterocycles. The molecule has 1 amide bonds. The molecule has 0 aliphatic carbocycles. The third-order valence-corrected chi connectivity index (χ3v) is 3.73. The van der Waals surface area contributed by atoms with Gasteiger partial charge in [0.15, 0.2) is 17.3 Å². The largest absolute Gasteiger partial charge is 0.493 e. The number of aryl methyl sites for hydroxylation is 1. The van der Waals surface area contributed by atoms with Crippen molar-refractivity contribution in [2.24, 2.45) is 0 Å². The Morgan fingerprint density at radius 3 is 2.54 bits per heavy atom. The third kappa shape index (κ3) is 4.56. The minimum Gasteiger partial charge on any atom is -0.493 e. The van der Waals surface area contributed by atoms with Gasteiger partial charge in [0.2, 0.25) is 0 Å². The summed E-state index contributed by atoms with van der Waals surface area (Å²) in [5.41, 5.74) is 0.830. The fraction of sp³-hybridized carbons (Fsp3) is 0.368. The average molecular weight is 361 g/mol. The van der Waals surface area contributed by atoms with E-state index < -0.39 is 11.9 Å². The number of carboxylic acids is 1. The van der Waals surface area contributed by atoms with Crippen LogP contribution in [0.5, 0.6) is 11.5 Å². The highest BCUT2D eigenvalue weighted by Crippen LogP contribution is 2.28. The van der Waals surface area contributed by atoms with E-state index in [2.05, 4.69) is 5.32 Å². The average Bonchev–Trinajstić information content (AvgIpc) is 3.09. The fourth-order valence-electron chi connectivity index (χ4n) is 2.41. The maximum atomic E-state index is 12.2. The van der Waals surface area contributed by atoms with Gasteiger partial charge in [-0.15, -0.1) is 0 Å². The Hall–Kier alpha value is -2.96. The quantitative estimate of drug-likeness (QED) is 0.711. The minimum atomic E-state index is -1.11. The third-order valence-electron chi connectivity index (χ3n) is 3.73. The number of nitrogens with one attached hydrogen (secondary N) is 1. The lowest BCUT2D eigenvalue weighted by Gasteiger charge is -2.12. The monoisotopic (exact) mass is 361 g/mol. The lowest BCUT2D eigenvalue weighted by Crippen LogP contribution is -2.22. The summed E-state index contributed by atoms with van der Waals surface area (Å²) in [4.78, 5) is 23.4. The van der Waals surface area contributed by atoms with Gasteiger partial charge in [-0.1, -0.05) is 19.9 Å². The number of carbonyl (C=O) groups is 2. The number of benzene rings is 1. The molecule has 2 N–H and O–H groups in total. The van der Waals surface area contributed by atoms with Gasteiger partial charge in [-0.3, -0.25) is 4.79 Å². The van der Waals surface area contributed by atoms with Crippen molar-refractivity contribution in [3.05, 3.63) is 46.9 Å². The highest BCUT2D eigenvalue weighted by molar-refractivity contribution is 5.96. The molecule has 1 heterocycles. The molecule has 0 fully saturated rings. The Bertz CT molecular complexity index is 780. The number of furan rings is 1. The molecule has 2 rings (SSSR count). The second-order valence-electron chi connectivity index (χ2n) is 5.62. The minimum absolute atomic E-state index is 0.0109. The predicted octanol–water partition coefficient (Wildman–Crippen LogP) is 3.27. The Morgan fingerprint density at radius 2 is 1.96 bits per heavy atom.